The molecule has 1 aromatic rings. The van der Waals surface area contributed by atoms with Crippen molar-refractivity contribution in [1.29, 1.82) is 0 Å². The van der Waals surface area contributed by atoms with Crippen LogP contribution in [0.2, 0.25) is 0 Å². The van der Waals surface area contributed by atoms with Crippen LogP contribution in [0.3, 0.4) is 0 Å². The minimum Gasteiger partial charge on any atom is -0.455 e. The summed E-state index contributed by atoms with van der Waals surface area (Å²) in [5, 5.41) is 1.82. The Morgan fingerprint density at radius 1 is 1.08 bits per heavy atom. The van der Waals surface area contributed by atoms with Crippen molar-refractivity contribution in [2.75, 3.05) is 19.8 Å². The Balaban J connectivity index is 2.41. The fourth-order valence-corrected chi connectivity index (χ4v) is 2.44. The Morgan fingerprint density at radius 2 is 1.71 bits per heavy atom. The maximum atomic E-state index is 11.9. The Bertz CT molecular complexity index is 698. The number of ether oxygens (including phenoxy) is 2. The van der Waals surface area contributed by atoms with Gasteiger partial charge in [-0.05, 0) is 26.0 Å². The highest BCUT2D eigenvalue weighted by Crippen LogP contribution is 2.09. The third-order valence-electron chi connectivity index (χ3n) is 2.62. The highest BCUT2D eigenvalue weighted by Gasteiger charge is 2.17. The van der Waals surface area contributed by atoms with Crippen LogP contribution in [0.4, 0.5) is 4.79 Å². The van der Waals surface area contributed by atoms with Gasteiger partial charge in [-0.1, -0.05) is 17.7 Å². The Labute approximate surface area is 139 Å². The summed E-state index contributed by atoms with van der Waals surface area (Å²) in [6, 6.07) is 6.03. The third kappa shape index (κ3) is 6.75. The van der Waals surface area contributed by atoms with E-state index in [4.69, 9.17) is 0 Å². The molecule has 9 nitrogen and oxygen atoms in total. The van der Waals surface area contributed by atoms with Crippen molar-refractivity contribution in [3.63, 3.8) is 0 Å². The topological polar surface area (TPSA) is 128 Å². The second-order valence-electron chi connectivity index (χ2n) is 4.57. The van der Waals surface area contributed by atoms with Crippen molar-refractivity contribution in [2.45, 2.75) is 18.7 Å². The molecule has 0 aliphatic rings. The smallest absolute Gasteiger partial charge is 0.413 e. The zero-order valence-electron chi connectivity index (χ0n) is 13.2. The highest BCUT2D eigenvalue weighted by molar-refractivity contribution is 7.89. The van der Waals surface area contributed by atoms with E-state index < -0.39 is 41.1 Å². The molecule has 2 amide bonds. The van der Waals surface area contributed by atoms with Crippen LogP contribution in [0.15, 0.2) is 29.2 Å². The number of imide groups is 1. The summed E-state index contributed by atoms with van der Waals surface area (Å²) < 4.78 is 35.0. The molecule has 0 fully saturated rings. The lowest BCUT2D eigenvalue weighted by molar-refractivity contribution is -0.147. The first-order chi connectivity index (χ1) is 11.2. The van der Waals surface area contributed by atoms with Crippen LogP contribution in [0, 0.1) is 6.92 Å². The predicted molar refractivity (Wildman–Crippen MR) is 82.5 cm³/mol. The van der Waals surface area contributed by atoms with Gasteiger partial charge in [0.25, 0.3) is 5.91 Å². The molecule has 0 spiro atoms. The van der Waals surface area contributed by atoms with E-state index in [-0.39, 0.29) is 11.5 Å². The minimum atomic E-state index is -3.86. The molecule has 0 aliphatic heterocycles. The molecule has 2 N–H and O–H groups in total. The van der Waals surface area contributed by atoms with E-state index in [0.29, 0.717) is 0 Å². The molecule has 0 aliphatic carbocycles. The molecule has 0 aromatic heterocycles. The summed E-state index contributed by atoms with van der Waals surface area (Å²) in [5.41, 5.74) is 0.890. The summed E-state index contributed by atoms with van der Waals surface area (Å²) in [5.74, 6) is -1.85. The van der Waals surface area contributed by atoms with Gasteiger partial charge in [0.2, 0.25) is 10.0 Å². The largest absolute Gasteiger partial charge is 0.455 e. The van der Waals surface area contributed by atoms with Crippen molar-refractivity contribution < 1.29 is 32.3 Å². The van der Waals surface area contributed by atoms with E-state index in [1.165, 1.54) is 12.1 Å². The van der Waals surface area contributed by atoms with Gasteiger partial charge in [-0.2, -0.15) is 4.72 Å². The van der Waals surface area contributed by atoms with Crippen molar-refractivity contribution in [3.8, 4) is 0 Å². The van der Waals surface area contributed by atoms with Crippen molar-refractivity contribution in [3.05, 3.63) is 29.8 Å². The van der Waals surface area contributed by atoms with E-state index in [1.807, 2.05) is 12.2 Å². The number of rotatable bonds is 7. The molecular formula is C14H18N2O7S. The van der Waals surface area contributed by atoms with Crippen LogP contribution in [0.5, 0.6) is 0 Å². The quantitative estimate of drug-likeness (QED) is 0.661. The summed E-state index contributed by atoms with van der Waals surface area (Å²) in [4.78, 5) is 33.7. The van der Waals surface area contributed by atoms with E-state index in [9.17, 15) is 22.8 Å². The summed E-state index contributed by atoms with van der Waals surface area (Å²) >= 11 is 0. The fraction of sp³-hybridized carbons (Fsp3) is 0.357. The van der Waals surface area contributed by atoms with E-state index in [2.05, 4.69) is 14.2 Å². The highest BCUT2D eigenvalue weighted by atomic mass is 32.2. The normalized spacial score (nSPS) is 10.8. The number of amides is 2. The van der Waals surface area contributed by atoms with Gasteiger partial charge < -0.3 is 9.47 Å². The van der Waals surface area contributed by atoms with Gasteiger partial charge >= 0.3 is 12.1 Å². The SMILES string of the molecule is CCOC(=O)NC(=O)COC(=O)CNS(=O)(=O)c1ccc(C)cc1. The van der Waals surface area contributed by atoms with Crippen molar-refractivity contribution >= 4 is 28.0 Å². The van der Waals surface area contributed by atoms with Crippen LogP contribution < -0.4 is 10.0 Å². The number of hydrogen-bond donors (Lipinski definition) is 2. The van der Waals surface area contributed by atoms with Crippen LogP contribution in [-0.2, 0) is 29.1 Å². The molecule has 0 saturated carbocycles. The molecule has 0 radical (unpaired) electrons. The number of nitrogens with one attached hydrogen (secondary N) is 2. The summed E-state index contributed by atoms with van der Waals surface area (Å²) in [7, 11) is -3.86. The number of benzene rings is 1. The maximum absolute atomic E-state index is 11.9. The molecule has 0 bridgehead atoms. The monoisotopic (exact) mass is 358 g/mol. The van der Waals surface area contributed by atoms with Gasteiger partial charge in [-0.25, -0.2) is 13.2 Å². The number of hydrogen-bond acceptors (Lipinski definition) is 7. The van der Waals surface area contributed by atoms with Gasteiger partial charge in [0.1, 0.15) is 6.54 Å². The molecule has 1 aromatic carbocycles. The fourth-order valence-electron chi connectivity index (χ4n) is 1.47. The van der Waals surface area contributed by atoms with Crippen LogP contribution in [-0.4, -0.2) is 46.1 Å². The third-order valence-corrected chi connectivity index (χ3v) is 4.04. The number of sulfonamides is 1. The molecule has 1 rings (SSSR count). The van der Waals surface area contributed by atoms with Gasteiger partial charge in [-0.3, -0.25) is 14.9 Å². The number of carbonyl (C=O) groups is 3. The standard InChI is InChI=1S/C14H18N2O7S/c1-3-22-14(19)16-12(17)9-23-13(18)8-15-24(20,21)11-6-4-10(2)5-7-11/h4-7,15H,3,8-9H2,1-2H3,(H,16,17,19). The average molecular weight is 358 g/mol. The molecule has 24 heavy (non-hydrogen) atoms. The number of alkyl carbamates (subject to hydrolysis) is 1. The number of esters is 1. The molecule has 132 valence electrons. The molecule has 0 atom stereocenters. The molecular weight excluding hydrogens is 340 g/mol. The molecule has 10 heteroatoms. The molecule has 0 heterocycles. The molecule has 0 saturated heterocycles. The first kappa shape index (κ1) is 19.6. The van der Waals surface area contributed by atoms with E-state index in [1.54, 1.807) is 19.1 Å². The van der Waals surface area contributed by atoms with Gasteiger partial charge in [0.05, 0.1) is 11.5 Å². The molecule has 0 unspecified atom stereocenters. The second-order valence-corrected chi connectivity index (χ2v) is 6.33. The zero-order valence-corrected chi connectivity index (χ0v) is 14.0. The van der Waals surface area contributed by atoms with Crippen molar-refractivity contribution in [2.24, 2.45) is 0 Å². The minimum absolute atomic E-state index is 0.000883. The second kappa shape index (κ2) is 8.99. The zero-order chi connectivity index (χ0) is 18.2. The Hall–Kier alpha value is -2.46. The van der Waals surface area contributed by atoms with Crippen LogP contribution >= 0.6 is 0 Å². The van der Waals surface area contributed by atoms with Gasteiger partial charge in [-0.15, -0.1) is 0 Å². The van der Waals surface area contributed by atoms with Gasteiger partial charge in [0.15, 0.2) is 6.61 Å². The maximum Gasteiger partial charge on any atom is 0.413 e. The lowest BCUT2D eigenvalue weighted by atomic mass is 10.2. The number of aryl methyl sites for hydroxylation is 1. The lowest BCUT2D eigenvalue weighted by Crippen LogP contribution is -2.36. The Kier molecular flexibility index (Phi) is 7.33. The van der Waals surface area contributed by atoms with E-state index in [0.717, 1.165) is 5.56 Å². The predicted octanol–water partition coefficient (Wildman–Crippen LogP) is 0.0892. The van der Waals surface area contributed by atoms with Crippen molar-refractivity contribution in [1.82, 2.24) is 10.0 Å². The first-order valence-electron chi connectivity index (χ1n) is 6.93. The summed E-state index contributed by atoms with van der Waals surface area (Å²) in [6.45, 7) is 2.07. The van der Waals surface area contributed by atoms with Crippen LogP contribution in [0.25, 0.3) is 0 Å². The Morgan fingerprint density at radius 3 is 2.29 bits per heavy atom. The number of carbonyl (C=O) groups excluding carboxylic acids is 3. The lowest BCUT2D eigenvalue weighted by Gasteiger charge is -2.08. The van der Waals surface area contributed by atoms with Gasteiger partial charge in [0, 0.05) is 0 Å². The van der Waals surface area contributed by atoms with Crippen LogP contribution in [0.1, 0.15) is 12.5 Å². The first-order valence-corrected chi connectivity index (χ1v) is 8.41. The average Bonchev–Trinajstić information content (AvgIpc) is 2.51. The van der Waals surface area contributed by atoms with E-state index >= 15 is 0 Å². The summed E-state index contributed by atoms with van der Waals surface area (Å²) in [6.07, 6.45) is -0.960.